The Bertz CT molecular complexity index is 1720. The summed E-state index contributed by atoms with van der Waals surface area (Å²) < 4.78 is 30.7. The van der Waals surface area contributed by atoms with E-state index >= 15 is 0 Å². The molecule has 0 atom stereocenters. The maximum Gasteiger partial charge on any atom is 0.264 e. The molecule has 2 aromatic carbocycles. The number of aryl methyl sites for hydroxylation is 3. The molecule has 0 bridgehead atoms. The SMILES string of the molecule is Cc1cc(C(C)(C)C)cc(C)c1S(=O)(=O)N1CCN(C(=O)c2cc3c(C)nn(Cc4c(Cl)cccc4Cl)c3s2)CC1. The highest BCUT2D eigenvalue weighted by Crippen LogP contribution is 2.34. The molecule has 41 heavy (non-hydrogen) atoms. The molecule has 7 nitrogen and oxygen atoms in total. The minimum Gasteiger partial charge on any atom is -0.335 e. The van der Waals surface area contributed by atoms with Crippen molar-refractivity contribution in [2.75, 3.05) is 26.2 Å². The number of hydrogen-bond donors (Lipinski definition) is 0. The van der Waals surface area contributed by atoms with Gasteiger partial charge in [0.2, 0.25) is 10.0 Å². The molecule has 4 aromatic rings. The highest BCUT2D eigenvalue weighted by Gasteiger charge is 2.33. The normalized spacial score (nSPS) is 15.2. The van der Waals surface area contributed by atoms with Crippen molar-refractivity contribution in [2.45, 2.75) is 58.4 Å². The number of fused-ring (bicyclic) bond motifs is 1. The molecule has 0 radical (unpaired) electrons. The van der Waals surface area contributed by atoms with E-state index in [1.54, 1.807) is 23.1 Å². The van der Waals surface area contributed by atoms with Crippen LogP contribution in [0.3, 0.4) is 0 Å². The fourth-order valence-electron chi connectivity index (χ4n) is 5.37. The van der Waals surface area contributed by atoms with Gasteiger partial charge in [-0.25, -0.2) is 13.1 Å². The molecule has 1 amide bonds. The number of piperazine rings is 1. The topological polar surface area (TPSA) is 75.5 Å². The molecule has 0 unspecified atom stereocenters. The summed E-state index contributed by atoms with van der Waals surface area (Å²) in [6.07, 6.45) is 0. The molecular weight excluding hydrogens is 599 g/mol. The number of benzene rings is 2. The number of halogens is 2. The van der Waals surface area contributed by atoms with Crippen molar-refractivity contribution in [1.29, 1.82) is 0 Å². The van der Waals surface area contributed by atoms with Crippen LogP contribution in [-0.2, 0) is 22.0 Å². The Labute approximate surface area is 255 Å². The van der Waals surface area contributed by atoms with Gasteiger partial charge in [-0.15, -0.1) is 11.3 Å². The van der Waals surface area contributed by atoms with Gasteiger partial charge < -0.3 is 4.90 Å². The Morgan fingerprint density at radius 3 is 2.12 bits per heavy atom. The average molecular weight is 634 g/mol. The van der Waals surface area contributed by atoms with E-state index in [1.807, 2.05) is 43.7 Å². The molecule has 0 spiro atoms. The van der Waals surface area contributed by atoms with Crippen molar-refractivity contribution < 1.29 is 13.2 Å². The van der Waals surface area contributed by atoms with Gasteiger partial charge in [0.1, 0.15) is 4.83 Å². The molecule has 2 aromatic heterocycles. The van der Waals surface area contributed by atoms with Crippen LogP contribution in [-0.4, -0.2) is 59.5 Å². The van der Waals surface area contributed by atoms with Gasteiger partial charge in [0, 0.05) is 47.2 Å². The molecule has 1 saturated heterocycles. The smallest absolute Gasteiger partial charge is 0.264 e. The number of hydrogen-bond acceptors (Lipinski definition) is 5. The molecule has 0 saturated carbocycles. The molecule has 1 aliphatic rings. The first-order valence-corrected chi connectivity index (χ1v) is 16.5. The highest BCUT2D eigenvalue weighted by atomic mass is 35.5. The number of rotatable bonds is 5. The summed E-state index contributed by atoms with van der Waals surface area (Å²) in [5.41, 5.74) is 4.13. The monoisotopic (exact) mass is 632 g/mol. The lowest BCUT2D eigenvalue weighted by atomic mass is 9.85. The van der Waals surface area contributed by atoms with E-state index in [-0.39, 0.29) is 24.4 Å². The number of carbonyl (C=O) groups excluding carboxylic acids is 1. The standard InChI is InChI=1S/C30H34Cl2N4O3S2/c1-18-14-21(30(4,5)6)15-19(2)27(18)41(38,39)35-12-10-34(11-13-35)28(37)26-16-22-20(3)33-36(29(22)40-26)17-23-24(31)8-7-9-25(23)32/h7-9,14-16H,10-13,17H2,1-6H3. The molecule has 5 rings (SSSR count). The number of nitrogens with zero attached hydrogens (tertiary/aromatic N) is 4. The third kappa shape index (κ3) is 5.67. The number of amides is 1. The van der Waals surface area contributed by atoms with Crippen molar-refractivity contribution in [1.82, 2.24) is 19.0 Å². The zero-order valence-electron chi connectivity index (χ0n) is 24.1. The molecule has 0 N–H and O–H groups in total. The van der Waals surface area contributed by atoms with E-state index in [9.17, 15) is 13.2 Å². The fraction of sp³-hybridized carbons (Fsp3) is 0.400. The van der Waals surface area contributed by atoms with Crippen molar-refractivity contribution in [2.24, 2.45) is 0 Å². The largest absolute Gasteiger partial charge is 0.335 e. The van der Waals surface area contributed by atoms with Crippen molar-refractivity contribution >= 4 is 60.7 Å². The maximum atomic E-state index is 13.7. The Morgan fingerprint density at radius 1 is 0.976 bits per heavy atom. The van der Waals surface area contributed by atoms with Gasteiger partial charge in [-0.2, -0.15) is 9.40 Å². The van der Waals surface area contributed by atoms with Crippen LogP contribution < -0.4 is 0 Å². The quantitative estimate of drug-likeness (QED) is 0.242. The summed E-state index contributed by atoms with van der Waals surface area (Å²) in [6.45, 7) is 13.5. The van der Waals surface area contributed by atoms with Crippen LogP contribution in [0.25, 0.3) is 10.2 Å². The lowest BCUT2D eigenvalue weighted by Gasteiger charge is -2.34. The van der Waals surface area contributed by atoms with Crippen molar-refractivity contribution in [3.63, 3.8) is 0 Å². The number of sulfonamides is 1. The van der Waals surface area contributed by atoms with Gasteiger partial charge in [0.25, 0.3) is 5.91 Å². The summed E-state index contributed by atoms with van der Waals surface area (Å²) >= 11 is 14.2. The van der Waals surface area contributed by atoms with E-state index < -0.39 is 10.0 Å². The Kier molecular flexibility index (Phi) is 8.06. The van der Waals surface area contributed by atoms with Gasteiger partial charge >= 0.3 is 0 Å². The van der Waals surface area contributed by atoms with Gasteiger partial charge in [-0.3, -0.25) is 4.79 Å². The van der Waals surface area contributed by atoms with E-state index in [0.29, 0.717) is 39.5 Å². The van der Waals surface area contributed by atoms with Crippen LogP contribution in [0.15, 0.2) is 41.3 Å². The first kappa shape index (κ1) is 30.0. The zero-order valence-corrected chi connectivity index (χ0v) is 27.2. The van der Waals surface area contributed by atoms with Crippen molar-refractivity contribution in [3.8, 4) is 0 Å². The first-order valence-electron chi connectivity index (χ1n) is 13.5. The summed E-state index contributed by atoms with van der Waals surface area (Å²) in [4.78, 5) is 17.1. The number of aromatic nitrogens is 2. The number of thiophene rings is 1. The van der Waals surface area contributed by atoms with Gasteiger partial charge in [0.15, 0.2) is 0 Å². The molecule has 11 heteroatoms. The molecule has 1 aliphatic heterocycles. The van der Waals surface area contributed by atoms with Crippen LogP contribution in [0.4, 0.5) is 0 Å². The lowest BCUT2D eigenvalue weighted by Crippen LogP contribution is -2.50. The third-order valence-electron chi connectivity index (χ3n) is 7.64. The van der Waals surface area contributed by atoms with Crippen LogP contribution in [0.2, 0.25) is 10.0 Å². The molecule has 3 heterocycles. The maximum absolute atomic E-state index is 13.7. The van der Waals surface area contributed by atoms with Crippen LogP contribution >= 0.6 is 34.5 Å². The van der Waals surface area contributed by atoms with Crippen LogP contribution in [0, 0.1) is 20.8 Å². The first-order chi connectivity index (χ1) is 19.2. The summed E-state index contributed by atoms with van der Waals surface area (Å²) in [5, 5.41) is 6.69. The average Bonchev–Trinajstić information content (AvgIpc) is 3.45. The lowest BCUT2D eigenvalue weighted by molar-refractivity contribution is 0.0703. The Hall–Kier alpha value is -2.43. The minimum atomic E-state index is -3.69. The molecular formula is C30H34Cl2N4O3S2. The molecule has 0 aliphatic carbocycles. The summed E-state index contributed by atoms with van der Waals surface area (Å²) in [7, 11) is -3.69. The third-order valence-corrected chi connectivity index (χ3v) is 11.7. The second-order valence-corrected chi connectivity index (χ2v) is 15.4. The number of carbonyl (C=O) groups is 1. The van der Waals surface area contributed by atoms with Gasteiger partial charge in [-0.1, -0.05) is 62.2 Å². The fourth-order valence-corrected chi connectivity index (χ4v) is 8.84. The van der Waals surface area contributed by atoms with Crippen molar-refractivity contribution in [3.05, 3.63) is 79.3 Å². The predicted octanol–water partition coefficient (Wildman–Crippen LogP) is 6.82. The van der Waals surface area contributed by atoms with Gasteiger partial charge in [-0.05, 0) is 61.1 Å². The van der Waals surface area contributed by atoms with E-state index in [1.165, 1.54) is 15.6 Å². The molecule has 218 valence electrons. The van der Waals surface area contributed by atoms with E-state index in [0.717, 1.165) is 38.2 Å². The summed E-state index contributed by atoms with van der Waals surface area (Å²) in [6, 6.07) is 11.2. The second-order valence-electron chi connectivity index (χ2n) is 11.7. The van der Waals surface area contributed by atoms with E-state index in [2.05, 4.69) is 25.9 Å². The zero-order chi connectivity index (χ0) is 29.9. The van der Waals surface area contributed by atoms with Crippen LogP contribution in [0.5, 0.6) is 0 Å². The van der Waals surface area contributed by atoms with Crippen LogP contribution in [0.1, 0.15) is 58.4 Å². The van der Waals surface area contributed by atoms with E-state index in [4.69, 9.17) is 23.2 Å². The summed E-state index contributed by atoms with van der Waals surface area (Å²) in [5.74, 6) is -0.105. The minimum absolute atomic E-state index is 0.0745. The highest BCUT2D eigenvalue weighted by molar-refractivity contribution is 7.89. The Morgan fingerprint density at radius 2 is 1.56 bits per heavy atom. The van der Waals surface area contributed by atoms with Gasteiger partial charge in [0.05, 0.1) is 22.0 Å². The molecule has 1 fully saturated rings. The second kappa shape index (κ2) is 11.0. The Balaban J connectivity index is 1.33. The predicted molar refractivity (Wildman–Crippen MR) is 167 cm³/mol.